The molecule has 0 radical (unpaired) electrons. The van der Waals surface area contributed by atoms with Crippen LogP contribution < -0.4 is 15.8 Å². The first-order valence-electron chi connectivity index (χ1n) is 6.74. The molecule has 0 unspecified atom stereocenters. The van der Waals surface area contributed by atoms with Gasteiger partial charge in [-0.1, -0.05) is 20.8 Å². The molecule has 3 heteroatoms. The molecular formula is C15H22N2O. The fourth-order valence-corrected chi connectivity index (χ4v) is 3.27. The monoisotopic (exact) mass is 246 g/mol. The van der Waals surface area contributed by atoms with Crippen molar-refractivity contribution >= 4 is 5.69 Å². The summed E-state index contributed by atoms with van der Waals surface area (Å²) in [7, 11) is 0. The number of fused-ring (bicyclic) bond motifs is 3. The number of nitrogens with two attached hydrogens (primary N) is 1. The summed E-state index contributed by atoms with van der Waals surface area (Å²) in [5, 5.41) is 3.52. The van der Waals surface area contributed by atoms with Crippen molar-refractivity contribution in [2.45, 2.75) is 45.1 Å². The van der Waals surface area contributed by atoms with Crippen molar-refractivity contribution in [2.24, 2.45) is 5.73 Å². The van der Waals surface area contributed by atoms with Crippen LogP contribution in [-0.2, 0) is 5.41 Å². The van der Waals surface area contributed by atoms with E-state index in [0.717, 1.165) is 12.3 Å². The van der Waals surface area contributed by atoms with Gasteiger partial charge in [0.25, 0.3) is 0 Å². The largest absolute Gasteiger partial charge is 0.488 e. The quantitative estimate of drug-likeness (QED) is 0.800. The van der Waals surface area contributed by atoms with E-state index in [2.05, 4.69) is 39.1 Å². The minimum absolute atomic E-state index is 0.127. The molecule has 0 fully saturated rings. The summed E-state index contributed by atoms with van der Waals surface area (Å²) in [5.41, 5.74) is 11.2. The Bertz CT molecular complexity index is 508. The van der Waals surface area contributed by atoms with E-state index >= 15 is 0 Å². The van der Waals surface area contributed by atoms with Crippen molar-refractivity contribution < 1.29 is 4.74 Å². The van der Waals surface area contributed by atoms with Gasteiger partial charge < -0.3 is 15.8 Å². The highest BCUT2D eigenvalue weighted by Crippen LogP contribution is 2.51. The van der Waals surface area contributed by atoms with Crippen LogP contribution in [0, 0.1) is 6.92 Å². The summed E-state index contributed by atoms with van der Waals surface area (Å²) in [6, 6.07) is 2.27. The molecule has 0 spiro atoms. The maximum absolute atomic E-state index is 6.14. The molecule has 1 aromatic carbocycles. The summed E-state index contributed by atoms with van der Waals surface area (Å²) in [6.07, 6.45) is 0.127. The normalized spacial score (nSPS) is 27.4. The minimum atomic E-state index is 0.127. The van der Waals surface area contributed by atoms with Gasteiger partial charge in [0.2, 0.25) is 0 Å². The molecule has 1 aromatic rings. The zero-order valence-corrected chi connectivity index (χ0v) is 11.6. The third kappa shape index (κ3) is 1.40. The second-order valence-electron chi connectivity index (χ2n) is 6.28. The minimum Gasteiger partial charge on any atom is -0.488 e. The topological polar surface area (TPSA) is 47.3 Å². The lowest BCUT2D eigenvalue weighted by molar-refractivity contribution is 0.216. The smallest absolute Gasteiger partial charge is 0.129 e. The van der Waals surface area contributed by atoms with Gasteiger partial charge in [0.05, 0.1) is 0 Å². The molecule has 3 N–H and O–H groups in total. The number of nitrogens with one attached hydrogen (secondary N) is 1. The molecule has 0 saturated heterocycles. The third-order valence-electron chi connectivity index (χ3n) is 4.44. The average Bonchev–Trinajstić information content (AvgIpc) is 2.79. The first-order valence-corrected chi connectivity index (χ1v) is 6.74. The van der Waals surface area contributed by atoms with Gasteiger partial charge in [-0.3, -0.25) is 0 Å². The molecule has 3 rings (SSSR count). The molecular weight excluding hydrogens is 224 g/mol. The number of aryl methyl sites for hydroxylation is 1. The summed E-state index contributed by atoms with van der Waals surface area (Å²) in [4.78, 5) is 0. The lowest BCUT2D eigenvalue weighted by atomic mass is 9.83. The predicted octanol–water partition coefficient (Wildman–Crippen LogP) is 2.52. The van der Waals surface area contributed by atoms with E-state index in [1.54, 1.807) is 0 Å². The zero-order chi connectivity index (χ0) is 13.1. The molecule has 3 nitrogen and oxygen atoms in total. The molecule has 2 atom stereocenters. The maximum Gasteiger partial charge on any atom is 0.129 e. The van der Waals surface area contributed by atoms with Crippen LogP contribution in [0.15, 0.2) is 6.07 Å². The van der Waals surface area contributed by atoms with Gasteiger partial charge in [0.15, 0.2) is 0 Å². The second kappa shape index (κ2) is 3.64. The van der Waals surface area contributed by atoms with Gasteiger partial charge in [0.1, 0.15) is 11.9 Å². The van der Waals surface area contributed by atoms with E-state index in [-0.39, 0.29) is 11.5 Å². The van der Waals surface area contributed by atoms with E-state index in [4.69, 9.17) is 10.5 Å². The van der Waals surface area contributed by atoms with Crippen LogP contribution in [0.2, 0.25) is 0 Å². The van der Waals surface area contributed by atoms with Gasteiger partial charge in [-0.2, -0.15) is 0 Å². The Labute approximate surface area is 109 Å². The fourth-order valence-electron chi connectivity index (χ4n) is 3.27. The van der Waals surface area contributed by atoms with Gasteiger partial charge in [0, 0.05) is 41.2 Å². The van der Waals surface area contributed by atoms with Crippen LogP contribution in [0.25, 0.3) is 0 Å². The lowest BCUT2D eigenvalue weighted by Gasteiger charge is -2.21. The first kappa shape index (κ1) is 11.8. The Morgan fingerprint density at radius 1 is 1.50 bits per heavy atom. The fraction of sp³-hybridized carbons (Fsp3) is 0.600. The highest BCUT2D eigenvalue weighted by Gasteiger charge is 2.41. The van der Waals surface area contributed by atoms with Crippen molar-refractivity contribution in [2.75, 3.05) is 18.4 Å². The van der Waals surface area contributed by atoms with Crippen molar-refractivity contribution in [1.29, 1.82) is 0 Å². The molecule has 2 aliphatic rings. The molecule has 0 saturated carbocycles. The number of ether oxygens (including phenoxy) is 1. The highest BCUT2D eigenvalue weighted by atomic mass is 16.5. The second-order valence-corrected chi connectivity index (χ2v) is 6.28. The van der Waals surface area contributed by atoms with Crippen molar-refractivity contribution in [3.05, 3.63) is 22.8 Å². The summed E-state index contributed by atoms with van der Waals surface area (Å²) in [6.45, 7) is 10.5. The van der Waals surface area contributed by atoms with Crippen molar-refractivity contribution in [1.82, 2.24) is 0 Å². The highest BCUT2D eigenvalue weighted by molar-refractivity contribution is 5.72. The van der Waals surface area contributed by atoms with Gasteiger partial charge in [-0.25, -0.2) is 0 Å². The standard InChI is InChI=1S/C15H22N2O/c1-8-5-10-9(2)11(6-16)18-14(10)12-13(8)17-7-15(12,3)4/h5,9,11,17H,6-7,16H2,1-4H3/t9-,11+/m1/s1. The number of hydrogen-bond donors (Lipinski definition) is 2. The van der Waals surface area contributed by atoms with E-state index < -0.39 is 0 Å². The number of anilines is 1. The number of rotatable bonds is 1. The molecule has 18 heavy (non-hydrogen) atoms. The number of hydrogen-bond acceptors (Lipinski definition) is 3. The molecule has 0 aromatic heterocycles. The van der Waals surface area contributed by atoms with Crippen molar-refractivity contribution in [3.63, 3.8) is 0 Å². The van der Waals surface area contributed by atoms with Crippen LogP contribution in [0.3, 0.4) is 0 Å². The number of benzene rings is 1. The Balaban J connectivity index is 2.22. The van der Waals surface area contributed by atoms with E-state index in [1.807, 2.05) is 0 Å². The Morgan fingerprint density at radius 2 is 2.22 bits per heavy atom. The molecule has 0 bridgehead atoms. The van der Waals surface area contributed by atoms with Gasteiger partial charge in [-0.05, 0) is 18.6 Å². The first-order chi connectivity index (χ1) is 8.45. The van der Waals surface area contributed by atoms with E-state index in [0.29, 0.717) is 12.5 Å². The molecule has 98 valence electrons. The van der Waals surface area contributed by atoms with Crippen molar-refractivity contribution in [3.8, 4) is 5.75 Å². The summed E-state index contributed by atoms with van der Waals surface area (Å²) >= 11 is 0. The molecule has 0 amide bonds. The summed E-state index contributed by atoms with van der Waals surface area (Å²) < 4.78 is 6.14. The van der Waals surface area contributed by atoms with Crippen LogP contribution in [0.1, 0.15) is 43.4 Å². The van der Waals surface area contributed by atoms with E-state index in [1.165, 1.54) is 22.4 Å². The third-order valence-corrected chi connectivity index (χ3v) is 4.44. The van der Waals surface area contributed by atoms with E-state index in [9.17, 15) is 0 Å². The van der Waals surface area contributed by atoms with Gasteiger partial charge >= 0.3 is 0 Å². The Morgan fingerprint density at radius 3 is 2.89 bits per heavy atom. The Hall–Kier alpha value is -1.22. The predicted molar refractivity (Wildman–Crippen MR) is 74.6 cm³/mol. The van der Waals surface area contributed by atoms with Crippen LogP contribution in [0.4, 0.5) is 5.69 Å². The van der Waals surface area contributed by atoms with Gasteiger partial charge in [-0.15, -0.1) is 0 Å². The summed E-state index contributed by atoms with van der Waals surface area (Å²) in [5.74, 6) is 1.49. The lowest BCUT2D eigenvalue weighted by Crippen LogP contribution is -2.27. The Kier molecular flexibility index (Phi) is 2.39. The maximum atomic E-state index is 6.14. The molecule has 2 heterocycles. The van der Waals surface area contributed by atoms with Crippen LogP contribution in [-0.4, -0.2) is 19.2 Å². The zero-order valence-electron chi connectivity index (χ0n) is 11.6. The molecule has 2 aliphatic heterocycles. The molecule has 0 aliphatic carbocycles. The van der Waals surface area contributed by atoms with Crippen LogP contribution in [0.5, 0.6) is 5.75 Å². The SMILES string of the molecule is Cc1cc2c(c3c1NCC3(C)C)O[C@@H](CN)[C@@H]2C. The average molecular weight is 246 g/mol. The van der Waals surface area contributed by atoms with Crippen LogP contribution >= 0.6 is 0 Å².